The lowest BCUT2D eigenvalue weighted by atomic mass is 10.0. The number of halogens is 1. The molecule has 0 spiro atoms. The maximum Gasteiger partial charge on any atom is 0.242 e. The lowest BCUT2D eigenvalue weighted by molar-refractivity contribution is -0.118. The lowest BCUT2D eigenvalue weighted by Crippen LogP contribution is -2.36. The Labute approximate surface area is 182 Å². The minimum Gasteiger partial charge on any atom is -0.312 e. The number of anilines is 1. The standard InChI is InChI=1S/C21H25FN2O5S2/c1-23(31(28,29)18-9-7-17(22)8-10-18)13-4-6-21(25)24-14-3-5-16-15-19(30(2,26)27)11-12-20(16)24/h7-12,15H,3-6,13-14H2,1-2H3. The Bertz CT molecular complexity index is 1180. The predicted molar refractivity (Wildman–Crippen MR) is 116 cm³/mol. The van der Waals surface area contributed by atoms with Crippen molar-refractivity contribution in [3.8, 4) is 0 Å². The summed E-state index contributed by atoms with van der Waals surface area (Å²) in [6.45, 7) is 0.674. The summed E-state index contributed by atoms with van der Waals surface area (Å²) < 4.78 is 62.9. The second-order valence-electron chi connectivity index (χ2n) is 7.60. The highest BCUT2D eigenvalue weighted by Gasteiger charge is 2.25. The fraction of sp³-hybridized carbons (Fsp3) is 0.381. The summed E-state index contributed by atoms with van der Waals surface area (Å²) >= 11 is 0. The van der Waals surface area contributed by atoms with Crippen molar-refractivity contribution in [1.29, 1.82) is 0 Å². The van der Waals surface area contributed by atoms with Crippen LogP contribution in [-0.4, -0.2) is 53.4 Å². The number of rotatable bonds is 7. The van der Waals surface area contributed by atoms with E-state index in [1.54, 1.807) is 17.0 Å². The minimum absolute atomic E-state index is 0.00522. The zero-order valence-corrected chi connectivity index (χ0v) is 19.0. The SMILES string of the molecule is CN(CCCC(=O)N1CCCc2cc(S(C)(=O)=O)ccc21)S(=O)(=O)c1ccc(F)cc1. The van der Waals surface area contributed by atoms with Gasteiger partial charge in [0.25, 0.3) is 0 Å². The monoisotopic (exact) mass is 468 g/mol. The van der Waals surface area contributed by atoms with Gasteiger partial charge in [-0.25, -0.2) is 25.5 Å². The van der Waals surface area contributed by atoms with Gasteiger partial charge >= 0.3 is 0 Å². The van der Waals surface area contributed by atoms with E-state index in [-0.39, 0.29) is 28.7 Å². The number of fused-ring (bicyclic) bond motifs is 1. The van der Waals surface area contributed by atoms with Crippen LogP contribution in [0.1, 0.15) is 24.8 Å². The molecule has 0 saturated carbocycles. The highest BCUT2D eigenvalue weighted by molar-refractivity contribution is 7.90. The van der Waals surface area contributed by atoms with Crippen LogP contribution in [-0.2, 0) is 31.1 Å². The fourth-order valence-electron chi connectivity index (χ4n) is 3.56. The Balaban J connectivity index is 1.64. The number of hydrogen-bond acceptors (Lipinski definition) is 5. The van der Waals surface area contributed by atoms with Crippen molar-refractivity contribution in [3.05, 3.63) is 53.8 Å². The molecule has 7 nitrogen and oxygen atoms in total. The van der Waals surface area contributed by atoms with Crippen LogP contribution in [0.2, 0.25) is 0 Å². The van der Waals surface area contributed by atoms with E-state index in [0.717, 1.165) is 34.7 Å². The first kappa shape index (κ1) is 23.4. The number of carbonyl (C=O) groups is 1. The topological polar surface area (TPSA) is 91.8 Å². The zero-order chi connectivity index (χ0) is 22.8. The van der Waals surface area contributed by atoms with E-state index in [2.05, 4.69) is 0 Å². The van der Waals surface area contributed by atoms with Gasteiger partial charge in [0.05, 0.1) is 9.79 Å². The molecule has 0 N–H and O–H groups in total. The van der Waals surface area contributed by atoms with Crippen LogP contribution in [0, 0.1) is 5.82 Å². The molecule has 0 unspecified atom stereocenters. The van der Waals surface area contributed by atoms with E-state index in [4.69, 9.17) is 0 Å². The molecule has 0 atom stereocenters. The molecular weight excluding hydrogens is 443 g/mol. The number of amides is 1. The quantitative estimate of drug-likeness (QED) is 0.623. The number of nitrogens with zero attached hydrogens (tertiary/aromatic N) is 2. The van der Waals surface area contributed by atoms with Gasteiger partial charge in [-0.2, -0.15) is 0 Å². The molecule has 2 aromatic rings. The van der Waals surface area contributed by atoms with Crippen LogP contribution < -0.4 is 4.90 Å². The Hall–Kier alpha value is -2.30. The van der Waals surface area contributed by atoms with Gasteiger partial charge in [0.2, 0.25) is 15.9 Å². The number of benzene rings is 2. The van der Waals surface area contributed by atoms with E-state index < -0.39 is 25.7 Å². The maximum absolute atomic E-state index is 13.0. The van der Waals surface area contributed by atoms with Gasteiger partial charge in [0, 0.05) is 38.5 Å². The largest absolute Gasteiger partial charge is 0.312 e. The van der Waals surface area contributed by atoms with E-state index in [1.165, 1.54) is 25.2 Å². The van der Waals surface area contributed by atoms with Crippen molar-refractivity contribution in [2.45, 2.75) is 35.5 Å². The molecule has 31 heavy (non-hydrogen) atoms. The summed E-state index contributed by atoms with van der Waals surface area (Å²) in [4.78, 5) is 14.6. The van der Waals surface area contributed by atoms with E-state index >= 15 is 0 Å². The second kappa shape index (κ2) is 9.05. The fourth-order valence-corrected chi connectivity index (χ4v) is 5.44. The number of sulfone groups is 1. The summed E-state index contributed by atoms with van der Waals surface area (Å²) in [6.07, 6.45) is 3.04. The van der Waals surface area contributed by atoms with Crippen molar-refractivity contribution < 1.29 is 26.0 Å². The molecule has 0 aromatic heterocycles. The lowest BCUT2D eigenvalue weighted by Gasteiger charge is -2.30. The minimum atomic E-state index is -3.76. The first-order valence-corrected chi connectivity index (χ1v) is 13.2. The molecule has 0 saturated heterocycles. The van der Waals surface area contributed by atoms with Gasteiger partial charge in [-0.1, -0.05) is 0 Å². The summed E-state index contributed by atoms with van der Waals surface area (Å²) in [5.41, 5.74) is 1.52. The molecule has 1 aliphatic heterocycles. The Morgan fingerprint density at radius 2 is 1.71 bits per heavy atom. The van der Waals surface area contributed by atoms with Crippen LogP contribution in [0.4, 0.5) is 10.1 Å². The molecule has 0 radical (unpaired) electrons. The third-order valence-corrected chi connectivity index (χ3v) is 8.27. The number of aryl methyl sites for hydroxylation is 1. The van der Waals surface area contributed by atoms with Gasteiger partial charge < -0.3 is 4.90 Å². The number of sulfonamides is 1. The molecule has 3 rings (SSSR count). The average Bonchev–Trinajstić information content (AvgIpc) is 2.72. The van der Waals surface area contributed by atoms with Crippen molar-refractivity contribution in [2.75, 3.05) is 31.3 Å². The van der Waals surface area contributed by atoms with Crippen molar-refractivity contribution >= 4 is 31.5 Å². The summed E-state index contributed by atoms with van der Waals surface area (Å²) in [5, 5.41) is 0. The summed E-state index contributed by atoms with van der Waals surface area (Å²) in [6, 6.07) is 9.38. The van der Waals surface area contributed by atoms with Crippen LogP contribution in [0.15, 0.2) is 52.3 Å². The maximum atomic E-state index is 13.0. The Kier molecular flexibility index (Phi) is 6.82. The molecule has 0 aliphatic carbocycles. The molecule has 1 amide bonds. The molecule has 168 valence electrons. The number of hydrogen-bond donors (Lipinski definition) is 0. The van der Waals surface area contributed by atoms with Gasteiger partial charge in [0.1, 0.15) is 5.82 Å². The van der Waals surface area contributed by atoms with Crippen molar-refractivity contribution in [3.63, 3.8) is 0 Å². The highest BCUT2D eigenvalue weighted by atomic mass is 32.2. The molecule has 0 bridgehead atoms. The normalized spacial score (nSPS) is 14.5. The van der Waals surface area contributed by atoms with Crippen LogP contribution in [0.25, 0.3) is 0 Å². The van der Waals surface area contributed by atoms with E-state index in [1.807, 2.05) is 0 Å². The summed E-state index contributed by atoms with van der Waals surface area (Å²) in [5.74, 6) is -0.654. The van der Waals surface area contributed by atoms with Crippen molar-refractivity contribution in [2.24, 2.45) is 0 Å². The van der Waals surface area contributed by atoms with E-state index in [9.17, 15) is 26.0 Å². The molecular formula is C21H25FN2O5S2. The van der Waals surface area contributed by atoms with Crippen LogP contribution in [0.5, 0.6) is 0 Å². The number of carbonyl (C=O) groups excluding carboxylic acids is 1. The Morgan fingerprint density at radius 1 is 1.06 bits per heavy atom. The van der Waals surface area contributed by atoms with Gasteiger partial charge in [-0.15, -0.1) is 0 Å². The molecule has 2 aromatic carbocycles. The third kappa shape index (κ3) is 5.31. The highest BCUT2D eigenvalue weighted by Crippen LogP contribution is 2.30. The zero-order valence-electron chi connectivity index (χ0n) is 17.4. The van der Waals surface area contributed by atoms with E-state index in [0.29, 0.717) is 25.1 Å². The van der Waals surface area contributed by atoms with Gasteiger partial charge in [0.15, 0.2) is 9.84 Å². The van der Waals surface area contributed by atoms with Crippen LogP contribution in [0.3, 0.4) is 0 Å². The van der Waals surface area contributed by atoms with Gasteiger partial charge in [-0.3, -0.25) is 4.79 Å². The molecule has 10 heteroatoms. The predicted octanol–water partition coefficient (Wildman–Crippen LogP) is 2.61. The second-order valence-corrected chi connectivity index (χ2v) is 11.7. The first-order valence-electron chi connectivity index (χ1n) is 9.85. The van der Waals surface area contributed by atoms with Gasteiger partial charge in [-0.05, 0) is 67.3 Å². The first-order chi connectivity index (χ1) is 14.5. The average molecular weight is 469 g/mol. The summed E-state index contributed by atoms with van der Waals surface area (Å²) in [7, 11) is -5.66. The molecule has 1 aliphatic rings. The molecule has 0 fully saturated rings. The van der Waals surface area contributed by atoms with Crippen LogP contribution >= 0.6 is 0 Å². The third-order valence-electron chi connectivity index (χ3n) is 5.28. The Morgan fingerprint density at radius 3 is 2.35 bits per heavy atom. The van der Waals surface area contributed by atoms with Crippen molar-refractivity contribution in [1.82, 2.24) is 4.31 Å². The smallest absolute Gasteiger partial charge is 0.242 e. The molecule has 1 heterocycles.